The normalized spacial score (nSPS) is 12.6. The molecule has 0 fully saturated rings. The summed E-state index contributed by atoms with van der Waals surface area (Å²) in [6.45, 7) is 1.62. The second-order valence-corrected chi connectivity index (χ2v) is 7.41. The maximum absolute atomic E-state index is 12.6. The smallest absolute Gasteiger partial charge is 0.246 e. The minimum Gasteiger partial charge on any atom is -0.508 e. The van der Waals surface area contributed by atoms with E-state index < -0.39 is 12.1 Å². The molecular weight excluding hydrogens is 396 g/mol. The third kappa shape index (κ3) is 7.75. The molecule has 0 aliphatic carbocycles. The van der Waals surface area contributed by atoms with E-state index in [-0.39, 0.29) is 29.9 Å². The SMILES string of the molecule is CN[C@@H](Cc1ccc(O)cc1)C(=O)N[C@H](C)C(=O)Nc1ccccc1CCCC(N)=O. The van der Waals surface area contributed by atoms with Crippen molar-refractivity contribution in [1.29, 1.82) is 0 Å². The van der Waals surface area contributed by atoms with Gasteiger partial charge in [-0.2, -0.15) is 0 Å². The predicted octanol–water partition coefficient (Wildman–Crippen LogP) is 1.47. The Morgan fingerprint density at radius 3 is 2.35 bits per heavy atom. The highest BCUT2D eigenvalue weighted by atomic mass is 16.3. The van der Waals surface area contributed by atoms with Crippen LogP contribution in [0.4, 0.5) is 5.69 Å². The number of carbonyl (C=O) groups excluding carboxylic acids is 3. The number of aromatic hydroxyl groups is 1. The number of carbonyl (C=O) groups is 3. The highest BCUT2D eigenvalue weighted by Gasteiger charge is 2.22. The van der Waals surface area contributed by atoms with Crippen LogP contribution in [0.1, 0.15) is 30.9 Å². The van der Waals surface area contributed by atoms with Gasteiger partial charge in [-0.3, -0.25) is 14.4 Å². The zero-order valence-corrected chi connectivity index (χ0v) is 17.9. The molecule has 0 aliphatic rings. The van der Waals surface area contributed by atoms with Gasteiger partial charge in [-0.05, 0) is 62.6 Å². The first-order chi connectivity index (χ1) is 14.8. The van der Waals surface area contributed by atoms with Crippen LogP contribution in [0.2, 0.25) is 0 Å². The number of hydrogen-bond acceptors (Lipinski definition) is 5. The van der Waals surface area contributed by atoms with Crippen LogP contribution < -0.4 is 21.7 Å². The van der Waals surface area contributed by atoms with Crippen LogP contribution in [0, 0.1) is 0 Å². The Morgan fingerprint density at radius 2 is 1.71 bits per heavy atom. The molecule has 0 saturated heterocycles. The summed E-state index contributed by atoms with van der Waals surface area (Å²) in [4.78, 5) is 36.2. The summed E-state index contributed by atoms with van der Waals surface area (Å²) in [5.74, 6) is -0.832. The molecule has 0 heterocycles. The summed E-state index contributed by atoms with van der Waals surface area (Å²) in [6, 6.07) is 12.7. The second kappa shape index (κ2) is 11.7. The molecule has 6 N–H and O–H groups in total. The standard InChI is InChI=1S/C23H30N4O4/c1-15(26-23(31)20(25-2)14-16-10-12-18(28)13-11-16)22(30)27-19-8-4-3-6-17(19)7-5-9-21(24)29/h3-4,6,8,10-13,15,20,25,28H,5,7,9,14H2,1-2H3,(H2,24,29)(H,26,31)(H,27,30)/t15-,20+/m1/s1. The van der Waals surface area contributed by atoms with Crippen molar-refractivity contribution in [2.24, 2.45) is 5.73 Å². The van der Waals surface area contributed by atoms with E-state index >= 15 is 0 Å². The van der Waals surface area contributed by atoms with Gasteiger partial charge in [-0.1, -0.05) is 30.3 Å². The average Bonchev–Trinajstić information content (AvgIpc) is 2.74. The molecule has 2 aromatic rings. The monoisotopic (exact) mass is 426 g/mol. The number of primary amides is 1. The van der Waals surface area contributed by atoms with Crippen molar-refractivity contribution in [3.8, 4) is 5.75 Å². The topological polar surface area (TPSA) is 134 Å². The number of likely N-dealkylation sites (N-methyl/N-ethyl adjacent to an activating group) is 1. The molecule has 2 rings (SSSR count). The Morgan fingerprint density at radius 1 is 1.03 bits per heavy atom. The second-order valence-electron chi connectivity index (χ2n) is 7.41. The number of benzene rings is 2. The van der Waals surface area contributed by atoms with Gasteiger partial charge in [0.2, 0.25) is 17.7 Å². The first-order valence-electron chi connectivity index (χ1n) is 10.2. The van der Waals surface area contributed by atoms with Gasteiger partial charge in [-0.15, -0.1) is 0 Å². The number of phenols is 1. The summed E-state index contributed by atoms with van der Waals surface area (Å²) >= 11 is 0. The molecule has 0 saturated carbocycles. The van der Waals surface area contributed by atoms with Crippen molar-refractivity contribution >= 4 is 23.4 Å². The van der Waals surface area contributed by atoms with E-state index in [4.69, 9.17) is 5.73 Å². The lowest BCUT2D eigenvalue weighted by Gasteiger charge is -2.20. The third-order valence-corrected chi connectivity index (χ3v) is 4.94. The summed E-state index contributed by atoms with van der Waals surface area (Å²) in [5, 5.41) is 17.9. The average molecular weight is 427 g/mol. The summed E-state index contributed by atoms with van der Waals surface area (Å²) in [5.41, 5.74) is 7.62. The van der Waals surface area contributed by atoms with Crippen LogP contribution in [0.25, 0.3) is 0 Å². The van der Waals surface area contributed by atoms with Crippen LogP contribution in [0.5, 0.6) is 5.75 Å². The summed E-state index contributed by atoms with van der Waals surface area (Å²) < 4.78 is 0. The summed E-state index contributed by atoms with van der Waals surface area (Å²) in [7, 11) is 1.68. The molecular formula is C23H30N4O4. The number of nitrogens with one attached hydrogen (secondary N) is 3. The minimum atomic E-state index is -0.748. The number of rotatable bonds is 11. The molecule has 0 bridgehead atoms. The van der Waals surface area contributed by atoms with E-state index in [1.807, 2.05) is 18.2 Å². The quantitative estimate of drug-likeness (QED) is 0.371. The maximum atomic E-state index is 12.6. The van der Waals surface area contributed by atoms with Crippen molar-refractivity contribution in [3.05, 3.63) is 59.7 Å². The Bertz CT molecular complexity index is 899. The van der Waals surface area contributed by atoms with E-state index in [1.54, 1.807) is 44.3 Å². The van der Waals surface area contributed by atoms with Gasteiger partial charge in [0.1, 0.15) is 11.8 Å². The lowest BCUT2D eigenvalue weighted by molar-refractivity contribution is -0.127. The molecule has 0 radical (unpaired) electrons. The Labute approximate surface area is 182 Å². The number of phenolic OH excluding ortho intramolecular Hbond substituents is 1. The number of hydrogen-bond donors (Lipinski definition) is 5. The Balaban J connectivity index is 1.94. The van der Waals surface area contributed by atoms with Crippen LogP contribution >= 0.6 is 0 Å². The van der Waals surface area contributed by atoms with Gasteiger partial charge in [0.25, 0.3) is 0 Å². The fraction of sp³-hybridized carbons (Fsp3) is 0.348. The molecule has 0 spiro atoms. The highest BCUT2D eigenvalue weighted by molar-refractivity contribution is 5.98. The molecule has 0 aromatic heterocycles. The lowest BCUT2D eigenvalue weighted by atomic mass is 10.0. The van der Waals surface area contributed by atoms with Gasteiger partial charge in [0.15, 0.2) is 0 Å². The van der Waals surface area contributed by atoms with Crippen LogP contribution in [-0.4, -0.2) is 42.0 Å². The van der Waals surface area contributed by atoms with Crippen molar-refractivity contribution in [1.82, 2.24) is 10.6 Å². The molecule has 2 atom stereocenters. The third-order valence-electron chi connectivity index (χ3n) is 4.94. The van der Waals surface area contributed by atoms with Crippen molar-refractivity contribution in [3.63, 3.8) is 0 Å². The number of anilines is 1. The highest BCUT2D eigenvalue weighted by Crippen LogP contribution is 2.18. The first-order valence-corrected chi connectivity index (χ1v) is 10.2. The zero-order chi connectivity index (χ0) is 22.8. The molecule has 0 unspecified atom stereocenters. The van der Waals surface area contributed by atoms with Gasteiger partial charge < -0.3 is 26.8 Å². The van der Waals surface area contributed by atoms with Crippen LogP contribution in [-0.2, 0) is 27.2 Å². The summed E-state index contributed by atoms with van der Waals surface area (Å²) in [6.07, 6.45) is 1.89. The van der Waals surface area contributed by atoms with Gasteiger partial charge >= 0.3 is 0 Å². The van der Waals surface area contributed by atoms with Gasteiger partial charge in [0, 0.05) is 12.1 Å². The number of para-hydroxylation sites is 1. The van der Waals surface area contributed by atoms with E-state index in [2.05, 4.69) is 16.0 Å². The van der Waals surface area contributed by atoms with E-state index in [0.717, 1.165) is 11.1 Å². The van der Waals surface area contributed by atoms with Crippen LogP contribution in [0.3, 0.4) is 0 Å². The molecule has 8 heteroatoms. The van der Waals surface area contributed by atoms with Crippen molar-refractivity contribution < 1.29 is 19.5 Å². The van der Waals surface area contributed by atoms with E-state index in [9.17, 15) is 19.5 Å². The predicted molar refractivity (Wildman–Crippen MR) is 119 cm³/mol. The lowest BCUT2D eigenvalue weighted by Crippen LogP contribution is -2.50. The van der Waals surface area contributed by atoms with E-state index in [0.29, 0.717) is 24.9 Å². The molecule has 31 heavy (non-hydrogen) atoms. The number of aryl methyl sites for hydroxylation is 1. The number of amides is 3. The van der Waals surface area contributed by atoms with Crippen LogP contribution in [0.15, 0.2) is 48.5 Å². The molecule has 0 aliphatic heterocycles. The van der Waals surface area contributed by atoms with E-state index in [1.165, 1.54) is 0 Å². The van der Waals surface area contributed by atoms with Gasteiger partial charge in [0.05, 0.1) is 6.04 Å². The van der Waals surface area contributed by atoms with Gasteiger partial charge in [-0.25, -0.2) is 0 Å². The molecule has 2 aromatic carbocycles. The zero-order valence-electron chi connectivity index (χ0n) is 17.9. The maximum Gasteiger partial charge on any atom is 0.246 e. The van der Waals surface area contributed by atoms with Crippen molar-refractivity contribution in [2.75, 3.05) is 12.4 Å². The first kappa shape index (κ1) is 23.9. The molecule has 166 valence electrons. The number of nitrogens with two attached hydrogens (primary N) is 1. The molecule has 3 amide bonds. The molecule has 8 nitrogen and oxygen atoms in total. The minimum absolute atomic E-state index is 0.161. The van der Waals surface area contributed by atoms with Crippen molar-refractivity contribution in [2.45, 2.75) is 44.7 Å². The Hall–Kier alpha value is -3.39. The Kier molecular flexibility index (Phi) is 9.02. The fourth-order valence-electron chi connectivity index (χ4n) is 3.13. The largest absolute Gasteiger partial charge is 0.508 e. The fourth-order valence-corrected chi connectivity index (χ4v) is 3.13.